The smallest absolute Gasteiger partial charge is 0.253 e. The van der Waals surface area contributed by atoms with Crippen molar-refractivity contribution in [2.24, 2.45) is 0 Å². The molecule has 0 aliphatic heterocycles. The zero-order valence-electron chi connectivity index (χ0n) is 12.8. The van der Waals surface area contributed by atoms with Crippen LogP contribution in [0.4, 0.5) is 0 Å². The monoisotopic (exact) mass is 283 g/mol. The molecule has 0 saturated carbocycles. The van der Waals surface area contributed by atoms with Gasteiger partial charge >= 0.3 is 0 Å². The van der Waals surface area contributed by atoms with Gasteiger partial charge in [-0.25, -0.2) is 0 Å². The van der Waals surface area contributed by atoms with E-state index in [-0.39, 0.29) is 5.91 Å². The molecule has 110 valence electrons. The van der Waals surface area contributed by atoms with Crippen LogP contribution in [-0.4, -0.2) is 31.5 Å². The molecule has 2 rings (SSSR count). The Bertz CT molecular complexity index is 605. The molecular weight excluding hydrogens is 262 g/mol. The summed E-state index contributed by atoms with van der Waals surface area (Å²) in [6.45, 7) is 2.66. The molecule has 0 fully saturated rings. The zero-order chi connectivity index (χ0) is 15.2. The Kier molecular flexibility index (Phi) is 4.99. The zero-order valence-corrected chi connectivity index (χ0v) is 12.8. The van der Waals surface area contributed by atoms with Crippen molar-refractivity contribution in [1.82, 2.24) is 4.90 Å². The third-order valence-corrected chi connectivity index (χ3v) is 3.62. The second kappa shape index (κ2) is 6.93. The molecule has 0 unspecified atom stereocenters. The van der Waals surface area contributed by atoms with Crippen LogP contribution in [0.3, 0.4) is 0 Å². The van der Waals surface area contributed by atoms with Crippen LogP contribution in [0.2, 0.25) is 0 Å². The third kappa shape index (κ3) is 3.85. The van der Waals surface area contributed by atoms with Crippen LogP contribution in [0, 0.1) is 6.92 Å². The van der Waals surface area contributed by atoms with E-state index in [0.29, 0.717) is 6.54 Å². The van der Waals surface area contributed by atoms with E-state index in [0.717, 1.165) is 23.3 Å². The number of benzene rings is 2. The van der Waals surface area contributed by atoms with E-state index < -0.39 is 0 Å². The Hall–Kier alpha value is -2.29. The van der Waals surface area contributed by atoms with E-state index in [9.17, 15) is 4.79 Å². The van der Waals surface area contributed by atoms with Crippen molar-refractivity contribution < 1.29 is 9.53 Å². The predicted molar refractivity (Wildman–Crippen MR) is 84.8 cm³/mol. The lowest BCUT2D eigenvalue weighted by molar-refractivity contribution is 0.0796. The summed E-state index contributed by atoms with van der Waals surface area (Å²) in [4.78, 5) is 14.2. The molecule has 1 amide bonds. The molecule has 0 bridgehead atoms. The molecule has 0 spiro atoms. The van der Waals surface area contributed by atoms with E-state index in [1.165, 1.54) is 5.56 Å². The first-order valence-electron chi connectivity index (χ1n) is 7.06. The molecule has 0 aromatic heterocycles. The quantitative estimate of drug-likeness (QED) is 0.842. The molecule has 0 radical (unpaired) electrons. The number of methoxy groups -OCH3 is 1. The lowest BCUT2D eigenvalue weighted by Gasteiger charge is -2.18. The lowest BCUT2D eigenvalue weighted by Crippen LogP contribution is -2.29. The van der Waals surface area contributed by atoms with Crippen molar-refractivity contribution in [2.45, 2.75) is 13.3 Å². The van der Waals surface area contributed by atoms with Crippen LogP contribution in [0.1, 0.15) is 21.5 Å². The van der Waals surface area contributed by atoms with Crippen molar-refractivity contribution in [1.29, 1.82) is 0 Å². The number of hydrogen-bond acceptors (Lipinski definition) is 2. The fourth-order valence-corrected chi connectivity index (χ4v) is 2.21. The average Bonchev–Trinajstić information content (AvgIpc) is 2.53. The largest absolute Gasteiger partial charge is 0.497 e. The van der Waals surface area contributed by atoms with Crippen LogP contribution >= 0.6 is 0 Å². The molecule has 2 aromatic carbocycles. The van der Waals surface area contributed by atoms with Gasteiger partial charge in [0.1, 0.15) is 5.75 Å². The van der Waals surface area contributed by atoms with E-state index in [2.05, 4.69) is 0 Å². The van der Waals surface area contributed by atoms with Crippen LogP contribution in [0.5, 0.6) is 5.75 Å². The molecule has 3 heteroatoms. The van der Waals surface area contributed by atoms with Crippen molar-refractivity contribution in [2.75, 3.05) is 20.7 Å². The lowest BCUT2D eigenvalue weighted by atomic mass is 10.1. The van der Waals surface area contributed by atoms with Crippen molar-refractivity contribution in [3.8, 4) is 5.75 Å². The first-order valence-corrected chi connectivity index (χ1v) is 7.06. The Morgan fingerprint density at radius 3 is 2.38 bits per heavy atom. The van der Waals surface area contributed by atoms with Crippen LogP contribution in [0.15, 0.2) is 48.5 Å². The highest BCUT2D eigenvalue weighted by molar-refractivity contribution is 5.95. The molecule has 0 N–H and O–H groups in total. The fraction of sp³-hybridized carbons (Fsp3) is 0.278. The van der Waals surface area contributed by atoms with Crippen molar-refractivity contribution >= 4 is 5.91 Å². The Balaban J connectivity index is 1.96. The number of carbonyl (C=O) groups is 1. The van der Waals surface area contributed by atoms with E-state index in [4.69, 9.17) is 4.74 Å². The molecule has 0 atom stereocenters. The maximum absolute atomic E-state index is 12.4. The van der Waals surface area contributed by atoms with Gasteiger partial charge in [0.05, 0.1) is 7.11 Å². The highest BCUT2D eigenvalue weighted by Gasteiger charge is 2.13. The standard InChI is InChI=1S/C18H21NO2/c1-14-6-4-5-7-17(14)18(20)19(2)13-12-15-8-10-16(21-3)11-9-15/h4-11H,12-13H2,1-3H3. The maximum Gasteiger partial charge on any atom is 0.253 e. The SMILES string of the molecule is COc1ccc(CCN(C)C(=O)c2ccccc2C)cc1. The first-order chi connectivity index (χ1) is 10.1. The van der Waals surface area contributed by atoms with Crippen molar-refractivity contribution in [3.63, 3.8) is 0 Å². The highest BCUT2D eigenvalue weighted by Crippen LogP contribution is 2.13. The molecule has 0 aliphatic rings. The van der Waals surface area contributed by atoms with Gasteiger partial charge in [-0.05, 0) is 42.7 Å². The van der Waals surface area contributed by atoms with E-state index >= 15 is 0 Å². The first kappa shape index (κ1) is 15.1. The molecule has 2 aromatic rings. The van der Waals surface area contributed by atoms with Gasteiger partial charge in [0.2, 0.25) is 0 Å². The topological polar surface area (TPSA) is 29.5 Å². The minimum Gasteiger partial charge on any atom is -0.497 e. The number of nitrogens with zero attached hydrogens (tertiary/aromatic N) is 1. The van der Waals surface area contributed by atoms with Gasteiger partial charge in [-0.1, -0.05) is 30.3 Å². The number of aryl methyl sites for hydroxylation is 1. The van der Waals surface area contributed by atoms with Crippen LogP contribution < -0.4 is 4.74 Å². The average molecular weight is 283 g/mol. The molecule has 0 heterocycles. The summed E-state index contributed by atoms with van der Waals surface area (Å²) in [5, 5.41) is 0. The van der Waals surface area contributed by atoms with Crippen LogP contribution in [-0.2, 0) is 6.42 Å². The number of amides is 1. The summed E-state index contributed by atoms with van der Waals surface area (Å²) < 4.78 is 5.14. The van der Waals surface area contributed by atoms with Gasteiger partial charge in [0, 0.05) is 19.2 Å². The number of hydrogen-bond donors (Lipinski definition) is 0. The summed E-state index contributed by atoms with van der Waals surface area (Å²) in [7, 11) is 3.50. The summed E-state index contributed by atoms with van der Waals surface area (Å²) in [6, 6.07) is 15.6. The maximum atomic E-state index is 12.4. The minimum absolute atomic E-state index is 0.0709. The van der Waals surface area contributed by atoms with Gasteiger partial charge in [-0.2, -0.15) is 0 Å². The normalized spacial score (nSPS) is 10.2. The Morgan fingerprint density at radius 1 is 1.10 bits per heavy atom. The number of likely N-dealkylation sites (N-methyl/N-ethyl adjacent to an activating group) is 1. The van der Waals surface area contributed by atoms with E-state index in [1.807, 2.05) is 62.5 Å². The Labute approximate surface area is 126 Å². The third-order valence-electron chi connectivity index (χ3n) is 3.62. The molecule has 3 nitrogen and oxygen atoms in total. The molecule has 21 heavy (non-hydrogen) atoms. The number of rotatable bonds is 5. The molecule has 0 saturated heterocycles. The number of ether oxygens (including phenoxy) is 1. The fourth-order valence-electron chi connectivity index (χ4n) is 2.21. The van der Waals surface area contributed by atoms with Gasteiger partial charge in [0.25, 0.3) is 5.91 Å². The second-order valence-corrected chi connectivity index (χ2v) is 5.14. The summed E-state index contributed by atoms with van der Waals surface area (Å²) in [5.74, 6) is 0.921. The van der Waals surface area contributed by atoms with Crippen LogP contribution in [0.25, 0.3) is 0 Å². The van der Waals surface area contributed by atoms with E-state index in [1.54, 1.807) is 12.0 Å². The van der Waals surface area contributed by atoms with Gasteiger partial charge in [-0.15, -0.1) is 0 Å². The summed E-state index contributed by atoms with van der Waals surface area (Å²) >= 11 is 0. The van der Waals surface area contributed by atoms with Gasteiger partial charge < -0.3 is 9.64 Å². The summed E-state index contributed by atoms with van der Waals surface area (Å²) in [6.07, 6.45) is 0.831. The number of carbonyl (C=O) groups excluding carboxylic acids is 1. The summed E-state index contributed by atoms with van der Waals surface area (Å²) in [5.41, 5.74) is 2.98. The molecule has 0 aliphatic carbocycles. The Morgan fingerprint density at radius 2 is 1.76 bits per heavy atom. The second-order valence-electron chi connectivity index (χ2n) is 5.14. The van der Waals surface area contributed by atoms with Gasteiger partial charge in [-0.3, -0.25) is 4.79 Å². The highest BCUT2D eigenvalue weighted by atomic mass is 16.5. The van der Waals surface area contributed by atoms with Crippen molar-refractivity contribution in [3.05, 3.63) is 65.2 Å². The minimum atomic E-state index is 0.0709. The molecular formula is C18H21NO2. The van der Waals surface area contributed by atoms with Gasteiger partial charge in [0.15, 0.2) is 0 Å². The predicted octanol–water partition coefficient (Wildman–Crippen LogP) is 3.32.